The van der Waals surface area contributed by atoms with Gasteiger partial charge in [0.25, 0.3) is 0 Å². The summed E-state index contributed by atoms with van der Waals surface area (Å²) in [5.74, 6) is 0.861. The van der Waals surface area contributed by atoms with Crippen LogP contribution in [0.1, 0.15) is 23.7 Å². The molecular formula is C30H31N3O5S. The third-order valence-corrected chi connectivity index (χ3v) is 7.84. The fraction of sp³-hybridized carbons (Fsp3) is 0.200. The Hall–Kier alpha value is -4.21. The van der Waals surface area contributed by atoms with E-state index >= 15 is 0 Å². The lowest BCUT2D eigenvalue weighted by Crippen LogP contribution is -2.32. The number of nitrogens with one attached hydrogen (secondary N) is 1. The maximum atomic E-state index is 13.7. The van der Waals surface area contributed by atoms with Gasteiger partial charge >= 0.3 is 0 Å². The van der Waals surface area contributed by atoms with Gasteiger partial charge in [-0.25, -0.2) is 8.42 Å². The predicted molar refractivity (Wildman–Crippen MR) is 150 cm³/mol. The van der Waals surface area contributed by atoms with Gasteiger partial charge in [0.15, 0.2) is 11.5 Å². The normalized spacial score (nSPS) is 11.3. The Labute approximate surface area is 229 Å². The number of anilines is 1. The number of nitrogens with zero attached hydrogens (tertiary/aromatic N) is 2. The first kappa shape index (κ1) is 27.8. The summed E-state index contributed by atoms with van der Waals surface area (Å²) in [6, 6.07) is 27.0. The molecule has 0 saturated carbocycles. The lowest BCUT2D eigenvalue weighted by molar-refractivity contribution is -0.114. The molecule has 0 aliphatic carbocycles. The summed E-state index contributed by atoms with van der Waals surface area (Å²) in [5, 5.41) is 2.66. The number of benzene rings is 3. The van der Waals surface area contributed by atoms with Crippen LogP contribution in [0.5, 0.6) is 11.5 Å². The van der Waals surface area contributed by atoms with Crippen LogP contribution in [0.15, 0.2) is 102 Å². The van der Waals surface area contributed by atoms with E-state index in [4.69, 9.17) is 9.47 Å². The summed E-state index contributed by atoms with van der Waals surface area (Å²) in [6.45, 7) is 2.13. The molecule has 1 amide bonds. The number of carbonyl (C=O) groups excluding carboxylic acids is 1. The van der Waals surface area contributed by atoms with Gasteiger partial charge in [0.2, 0.25) is 15.9 Å². The zero-order valence-corrected chi connectivity index (χ0v) is 22.7. The highest BCUT2D eigenvalue weighted by molar-refractivity contribution is 7.89. The summed E-state index contributed by atoms with van der Waals surface area (Å²) in [7, 11) is -2.31. The Morgan fingerprint density at radius 2 is 1.64 bits per heavy atom. The highest BCUT2D eigenvalue weighted by Gasteiger charge is 2.25. The van der Waals surface area contributed by atoms with Crippen LogP contribution in [0.2, 0.25) is 0 Å². The Balaban J connectivity index is 1.57. The second-order valence-corrected chi connectivity index (χ2v) is 10.8. The molecule has 1 N–H and O–H groups in total. The molecule has 1 heterocycles. The first-order valence-electron chi connectivity index (χ1n) is 12.5. The van der Waals surface area contributed by atoms with E-state index in [-0.39, 0.29) is 23.9 Å². The SMILES string of the molecule is COc1cc(CN(CCc2ccccn2)S(=O)(=O)c2ccc(NC(C)=O)cc2)ccc1OCc1ccccc1. The van der Waals surface area contributed by atoms with Gasteiger partial charge in [0.05, 0.1) is 12.0 Å². The highest BCUT2D eigenvalue weighted by Crippen LogP contribution is 2.30. The van der Waals surface area contributed by atoms with Gasteiger partial charge in [-0.1, -0.05) is 42.5 Å². The van der Waals surface area contributed by atoms with Gasteiger partial charge < -0.3 is 14.8 Å². The predicted octanol–water partition coefficient (Wildman–Crippen LogP) is 5.06. The Bertz CT molecular complexity index is 1480. The number of ether oxygens (including phenoxy) is 2. The number of pyridine rings is 1. The van der Waals surface area contributed by atoms with Gasteiger partial charge in [-0.3, -0.25) is 9.78 Å². The fourth-order valence-corrected chi connectivity index (χ4v) is 5.43. The molecule has 0 radical (unpaired) electrons. The van der Waals surface area contributed by atoms with E-state index in [2.05, 4.69) is 10.3 Å². The first-order valence-corrected chi connectivity index (χ1v) is 13.9. The summed E-state index contributed by atoms with van der Waals surface area (Å²) in [4.78, 5) is 15.8. The van der Waals surface area contributed by atoms with Gasteiger partial charge in [-0.2, -0.15) is 4.31 Å². The molecule has 4 rings (SSSR count). The number of aromatic nitrogens is 1. The molecule has 0 aliphatic heterocycles. The van der Waals surface area contributed by atoms with Crippen LogP contribution in [0.3, 0.4) is 0 Å². The number of amides is 1. The Morgan fingerprint density at radius 1 is 0.897 bits per heavy atom. The largest absolute Gasteiger partial charge is 0.493 e. The van der Waals surface area contributed by atoms with Crippen LogP contribution in [0.4, 0.5) is 5.69 Å². The van der Waals surface area contributed by atoms with Crippen molar-refractivity contribution in [3.05, 3.63) is 114 Å². The number of hydrogen-bond donors (Lipinski definition) is 1. The van der Waals surface area contributed by atoms with Crippen molar-refractivity contribution in [3.8, 4) is 11.5 Å². The van der Waals surface area contributed by atoms with Crippen LogP contribution < -0.4 is 14.8 Å². The molecule has 0 saturated heterocycles. The van der Waals surface area contributed by atoms with Gasteiger partial charge in [0.1, 0.15) is 6.61 Å². The minimum Gasteiger partial charge on any atom is -0.493 e. The van der Waals surface area contributed by atoms with Gasteiger partial charge in [-0.15, -0.1) is 0 Å². The number of methoxy groups -OCH3 is 1. The maximum Gasteiger partial charge on any atom is 0.243 e. The van der Waals surface area contributed by atoms with Crippen LogP contribution in [-0.4, -0.2) is 37.3 Å². The molecule has 0 bridgehead atoms. The van der Waals surface area contributed by atoms with E-state index in [1.54, 1.807) is 37.6 Å². The third kappa shape index (κ3) is 7.66. The molecule has 9 heteroatoms. The summed E-state index contributed by atoms with van der Waals surface area (Å²) < 4.78 is 40.4. The van der Waals surface area contributed by atoms with Crippen LogP contribution in [-0.2, 0) is 34.4 Å². The van der Waals surface area contributed by atoms with Crippen LogP contribution >= 0.6 is 0 Å². The molecule has 1 aromatic heterocycles. The third-order valence-electron chi connectivity index (χ3n) is 5.98. The molecule has 0 atom stereocenters. The topological polar surface area (TPSA) is 97.8 Å². The van der Waals surface area contributed by atoms with E-state index in [1.807, 2.05) is 54.6 Å². The summed E-state index contributed by atoms with van der Waals surface area (Å²) >= 11 is 0. The highest BCUT2D eigenvalue weighted by atomic mass is 32.2. The fourth-order valence-electron chi connectivity index (χ4n) is 4.00. The summed E-state index contributed by atoms with van der Waals surface area (Å²) in [6.07, 6.45) is 2.13. The van der Waals surface area contributed by atoms with E-state index < -0.39 is 10.0 Å². The van der Waals surface area contributed by atoms with Gasteiger partial charge in [0, 0.05) is 44.0 Å². The molecule has 0 aliphatic rings. The second kappa shape index (κ2) is 13.0. The lowest BCUT2D eigenvalue weighted by atomic mass is 10.2. The molecule has 8 nitrogen and oxygen atoms in total. The van der Waals surface area contributed by atoms with Crippen molar-refractivity contribution >= 4 is 21.6 Å². The smallest absolute Gasteiger partial charge is 0.243 e. The van der Waals surface area contributed by atoms with Crippen molar-refractivity contribution in [2.24, 2.45) is 0 Å². The van der Waals surface area contributed by atoms with Crippen molar-refractivity contribution in [3.63, 3.8) is 0 Å². The molecule has 39 heavy (non-hydrogen) atoms. The molecular weight excluding hydrogens is 514 g/mol. The zero-order chi connectivity index (χ0) is 27.7. The number of carbonyl (C=O) groups is 1. The standard InChI is InChI=1S/C30H31N3O5S/c1-23(34)32-27-12-14-28(15-13-27)39(35,36)33(19-17-26-10-6-7-18-31-26)21-25-11-16-29(30(20-25)37-2)38-22-24-8-4-3-5-9-24/h3-16,18,20H,17,19,21-22H2,1-2H3,(H,32,34). The molecule has 0 unspecified atom stereocenters. The van der Waals surface area contributed by atoms with E-state index in [1.165, 1.54) is 23.4 Å². The molecule has 0 spiro atoms. The number of sulfonamides is 1. The molecule has 202 valence electrons. The Morgan fingerprint density at radius 3 is 2.31 bits per heavy atom. The van der Waals surface area contributed by atoms with Crippen LogP contribution in [0, 0.1) is 0 Å². The minimum absolute atomic E-state index is 0.123. The van der Waals surface area contributed by atoms with E-state index in [0.717, 1.165) is 16.8 Å². The average Bonchev–Trinajstić information content (AvgIpc) is 2.95. The molecule has 0 fully saturated rings. The van der Waals surface area contributed by atoms with E-state index in [9.17, 15) is 13.2 Å². The van der Waals surface area contributed by atoms with Crippen molar-refractivity contribution in [1.82, 2.24) is 9.29 Å². The molecule has 3 aromatic carbocycles. The molecule has 4 aromatic rings. The maximum absolute atomic E-state index is 13.7. The first-order chi connectivity index (χ1) is 18.8. The number of hydrogen-bond acceptors (Lipinski definition) is 6. The average molecular weight is 546 g/mol. The minimum atomic E-state index is -3.87. The van der Waals surface area contributed by atoms with Crippen molar-refractivity contribution in [2.45, 2.75) is 31.4 Å². The Kier molecular flexibility index (Phi) is 9.30. The number of rotatable bonds is 12. The van der Waals surface area contributed by atoms with E-state index in [0.29, 0.717) is 30.2 Å². The van der Waals surface area contributed by atoms with Crippen molar-refractivity contribution in [2.75, 3.05) is 19.0 Å². The summed E-state index contributed by atoms with van der Waals surface area (Å²) in [5.41, 5.74) is 3.09. The quantitative estimate of drug-likeness (QED) is 0.267. The lowest BCUT2D eigenvalue weighted by Gasteiger charge is -2.23. The van der Waals surface area contributed by atoms with Gasteiger partial charge in [-0.05, 0) is 59.7 Å². The van der Waals surface area contributed by atoms with Crippen molar-refractivity contribution in [1.29, 1.82) is 0 Å². The van der Waals surface area contributed by atoms with Crippen LogP contribution in [0.25, 0.3) is 0 Å². The van der Waals surface area contributed by atoms with Crippen molar-refractivity contribution < 1.29 is 22.7 Å². The second-order valence-electron chi connectivity index (χ2n) is 8.87. The zero-order valence-electron chi connectivity index (χ0n) is 21.9. The monoisotopic (exact) mass is 545 g/mol.